The van der Waals surface area contributed by atoms with E-state index in [2.05, 4.69) is 15.8 Å². The summed E-state index contributed by atoms with van der Waals surface area (Å²) in [4.78, 5) is 4.65. The Morgan fingerprint density at radius 2 is 2.25 bits per heavy atom. The van der Waals surface area contributed by atoms with Crippen molar-refractivity contribution < 1.29 is 4.39 Å². The molecule has 0 N–H and O–H groups in total. The van der Waals surface area contributed by atoms with E-state index in [1.54, 1.807) is 6.07 Å². The molecule has 0 aliphatic heterocycles. The van der Waals surface area contributed by atoms with Gasteiger partial charge in [0.15, 0.2) is 0 Å². The number of fused-ring (bicyclic) bond motifs is 1. The van der Waals surface area contributed by atoms with E-state index in [-0.39, 0.29) is 5.82 Å². The van der Waals surface area contributed by atoms with Crippen molar-refractivity contribution in [3.8, 4) is 0 Å². The van der Waals surface area contributed by atoms with Crippen molar-refractivity contribution >= 4 is 57.0 Å². The molecule has 1 aliphatic rings. The summed E-state index contributed by atoms with van der Waals surface area (Å²) in [7, 11) is 0. The molecular formula is C14H15ClFIN2S. The van der Waals surface area contributed by atoms with Gasteiger partial charge in [0.05, 0.1) is 14.6 Å². The van der Waals surface area contributed by atoms with Gasteiger partial charge < -0.3 is 4.57 Å². The van der Waals surface area contributed by atoms with Gasteiger partial charge in [-0.25, -0.2) is 9.37 Å². The molecule has 20 heavy (non-hydrogen) atoms. The van der Waals surface area contributed by atoms with Crippen LogP contribution in [0.2, 0.25) is 0 Å². The van der Waals surface area contributed by atoms with E-state index in [0.717, 1.165) is 29.8 Å². The molecule has 3 rings (SSSR count). The monoisotopic (exact) mass is 424 g/mol. The van der Waals surface area contributed by atoms with Crippen LogP contribution in [0.1, 0.15) is 18.7 Å². The number of rotatable bonds is 5. The normalized spacial score (nSPS) is 16.8. The van der Waals surface area contributed by atoms with Gasteiger partial charge in [-0.05, 0) is 47.8 Å². The minimum atomic E-state index is -0.175. The highest BCUT2D eigenvalue weighted by Gasteiger charge is 2.42. The summed E-state index contributed by atoms with van der Waals surface area (Å²) in [5.74, 6) is 1.33. The summed E-state index contributed by atoms with van der Waals surface area (Å²) < 4.78 is 17.0. The molecule has 6 heteroatoms. The lowest BCUT2D eigenvalue weighted by molar-refractivity contribution is 0.616. The average molecular weight is 425 g/mol. The second kappa shape index (κ2) is 5.65. The summed E-state index contributed by atoms with van der Waals surface area (Å²) in [6.45, 7) is 0.900. The van der Waals surface area contributed by atoms with Gasteiger partial charge in [0.2, 0.25) is 0 Å². The highest BCUT2D eigenvalue weighted by Crippen LogP contribution is 2.49. The Morgan fingerprint density at radius 1 is 1.50 bits per heavy atom. The topological polar surface area (TPSA) is 17.8 Å². The number of hydrogen-bond acceptors (Lipinski definition) is 2. The number of hydrogen-bond donors (Lipinski definition) is 0. The molecule has 0 spiro atoms. The van der Waals surface area contributed by atoms with Crippen molar-refractivity contribution in [2.24, 2.45) is 0 Å². The molecule has 2 nitrogen and oxygen atoms in total. The molecular weight excluding hydrogens is 410 g/mol. The fourth-order valence-corrected chi connectivity index (χ4v) is 3.86. The number of imidazole rings is 1. The quantitative estimate of drug-likeness (QED) is 0.521. The number of nitrogens with zero attached hydrogens (tertiary/aromatic N) is 2. The van der Waals surface area contributed by atoms with Gasteiger partial charge >= 0.3 is 0 Å². The highest BCUT2D eigenvalue weighted by molar-refractivity contribution is 14.1. The highest BCUT2D eigenvalue weighted by atomic mass is 127. The Balaban J connectivity index is 2.10. The van der Waals surface area contributed by atoms with E-state index in [0.29, 0.717) is 14.2 Å². The summed E-state index contributed by atoms with van der Waals surface area (Å²) in [5.41, 5.74) is 1.76. The lowest BCUT2D eigenvalue weighted by atomic mass is 10.3. The fourth-order valence-electron chi connectivity index (χ4n) is 2.48. The third-order valence-electron chi connectivity index (χ3n) is 3.87. The minimum Gasteiger partial charge on any atom is -0.326 e. The first-order valence-electron chi connectivity index (χ1n) is 6.54. The summed E-state index contributed by atoms with van der Waals surface area (Å²) in [6.07, 6.45) is 5.32. The third kappa shape index (κ3) is 2.68. The van der Waals surface area contributed by atoms with E-state index < -0.39 is 0 Å². The van der Waals surface area contributed by atoms with E-state index in [4.69, 9.17) is 11.6 Å². The Hall–Kier alpha value is -0.0100. The van der Waals surface area contributed by atoms with Gasteiger partial charge in [-0.15, -0.1) is 11.6 Å². The first-order chi connectivity index (χ1) is 9.58. The molecule has 1 fully saturated rings. The number of benzene rings is 1. The van der Waals surface area contributed by atoms with E-state index in [1.165, 1.54) is 12.8 Å². The Morgan fingerprint density at radius 3 is 2.85 bits per heavy atom. The molecule has 2 aromatic rings. The van der Waals surface area contributed by atoms with Gasteiger partial charge in [0.1, 0.15) is 11.6 Å². The van der Waals surface area contributed by atoms with Crippen LogP contribution >= 0.6 is 46.0 Å². The van der Waals surface area contributed by atoms with Crippen LogP contribution in [-0.2, 0) is 13.0 Å². The third-order valence-corrected chi connectivity index (χ3v) is 6.29. The number of aromatic nitrogens is 2. The van der Waals surface area contributed by atoms with E-state index in [1.807, 2.05) is 40.4 Å². The van der Waals surface area contributed by atoms with Crippen LogP contribution in [0, 0.1) is 9.39 Å². The number of thioether (sulfide) groups is 1. The zero-order chi connectivity index (χ0) is 14.3. The van der Waals surface area contributed by atoms with E-state index >= 15 is 0 Å². The lowest BCUT2D eigenvalue weighted by Crippen LogP contribution is -2.16. The van der Waals surface area contributed by atoms with Crippen LogP contribution in [0.4, 0.5) is 4.39 Å². The van der Waals surface area contributed by atoms with E-state index in [9.17, 15) is 4.39 Å². The van der Waals surface area contributed by atoms with Gasteiger partial charge in [-0.2, -0.15) is 11.8 Å². The molecule has 1 aromatic carbocycles. The smallest absolute Gasteiger partial charge is 0.138 e. The Bertz CT molecular complexity index is 654. The number of halogens is 3. The predicted molar refractivity (Wildman–Crippen MR) is 92.3 cm³/mol. The predicted octanol–water partition coefficient (Wildman–Crippen LogP) is 4.46. The summed E-state index contributed by atoms with van der Waals surface area (Å²) in [6, 6.07) is 3.43. The van der Waals surface area contributed by atoms with Crippen molar-refractivity contribution in [3.05, 3.63) is 27.3 Å². The summed E-state index contributed by atoms with van der Waals surface area (Å²) >= 11 is 9.80. The molecule has 0 amide bonds. The maximum absolute atomic E-state index is 13.9. The first-order valence-corrected chi connectivity index (χ1v) is 9.38. The molecule has 108 valence electrons. The molecule has 1 heterocycles. The van der Waals surface area contributed by atoms with Gasteiger partial charge in [-0.3, -0.25) is 0 Å². The number of aryl methyl sites for hydroxylation is 1. The average Bonchev–Trinajstić information content (AvgIpc) is 3.13. The van der Waals surface area contributed by atoms with Gasteiger partial charge in [0, 0.05) is 29.7 Å². The van der Waals surface area contributed by atoms with Crippen molar-refractivity contribution in [1.29, 1.82) is 0 Å². The molecule has 1 aliphatic carbocycles. The summed E-state index contributed by atoms with van der Waals surface area (Å²) in [5, 5.41) is 0. The van der Waals surface area contributed by atoms with Crippen LogP contribution in [0.5, 0.6) is 0 Å². The standard InChI is InChI=1S/C14H15ClFIN2S/c1-20-14(3-4-14)8-19-12-6-9(16)10(17)7-11(12)18-13(19)2-5-15/h6-7H,2-5,8H2,1H3. The van der Waals surface area contributed by atoms with Gasteiger partial charge in [0.25, 0.3) is 0 Å². The largest absolute Gasteiger partial charge is 0.326 e. The van der Waals surface area contributed by atoms with Crippen molar-refractivity contribution in [1.82, 2.24) is 9.55 Å². The van der Waals surface area contributed by atoms with Crippen LogP contribution in [0.3, 0.4) is 0 Å². The Labute approximate surface area is 140 Å². The maximum Gasteiger partial charge on any atom is 0.138 e. The molecule has 0 bridgehead atoms. The molecule has 0 atom stereocenters. The lowest BCUT2D eigenvalue weighted by Gasteiger charge is -2.16. The van der Waals surface area contributed by atoms with Crippen molar-refractivity contribution in [3.63, 3.8) is 0 Å². The van der Waals surface area contributed by atoms with Crippen LogP contribution in [-0.4, -0.2) is 26.4 Å². The Kier molecular flexibility index (Phi) is 4.21. The van der Waals surface area contributed by atoms with Crippen molar-refractivity contribution in [2.45, 2.75) is 30.6 Å². The zero-order valence-electron chi connectivity index (χ0n) is 11.1. The maximum atomic E-state index is 13.9. The zero-order valence-corrected chi connectivity index (χ0v) is 14.9. The second-order valence-electron chi connectivity index (χ2n) is 5.20. The SMILES string of the molecule is CSC1(Cn2c(CCCl)nc3cc(I)c(F)cc32)CC1. The first kappa shape index (κ1) is 14.9. The van der Waals surface area contributed by atoms with Crippen molar-refractivity contribution in [2.75, 3.05) is 12.1 Å². The second-order valence-corrected chi connectivity index (χ2v) is 8.01. The molecule has 0 saturated heterocycles. The van der Waals surface area contributed by atoms with Crippen LogP contribution in [0.25, 0.3) is 11.0 Å². The van der Waals surface area contributed by atoms with Crippen LogP contribution in [0.15, 0.2) is 12.1 Å². The molecule has 0 radical (unpaired) electrons. The number of alkyl halides is 1. The minimum absolute atomic E-state index is 0.175. The molecule has 1 aromatic heterocycles. The fraction of sp³-hybridized carbons (Fsp3) is 0.500. The van der Waals surface area contributed by atoms with Crippen LogP contribution < -0.4 is 0 Å². The molecule has 1 saturated carbocycles. The molecule has 0 unspecified atom stereocenters. The van der Waals surface area contributed by atoms with Gasteiger partial charge in [-0.1, -0.05) is 0 Å².